The van der Waals surface area contributed by atoms with Gasteiger partial charge in [-0.25, -0.2) is 4.98 Å². The second-order valence-corrected chi connectivity index (χ2v) is 8.22. The van der Waals surface area contributed by atoms with Crippen LogP contribution in [0.3, 0.4) is 0 Å². The van der Waals surface area contributed by atoms with E-state index < -0.39 is 0 Å². The number of H-pyrrole nitrogens is 1. The van der Waals surface area contributed by atoms with E-state index in [4.69, 9.17) is 4.98 Å². The highest BCUT2D eigenvalue weighted by atomic mass is 16.1. The first-order chi connectivity index (χ1) is 14.0. The van der Waals surface area contributed by atoms with Crippen molar-refractivity contribution in [1.29, 1.82) is 0 Å². The first kappa shape index (κ1) is 19.6. The van der Waals surface area contributed by atoms with E-state index in [0.29, 0.717) is 5.69 Å². The number of fused-ring (bicyclic) bond motifs is 2. The minimum atomic E-state index is -0.147. The zero-order valence-corrected chi connectivity index (χ0v) is 17.6. The fraction of sp³-hybridized carbons (Fsp3) is 0.500. The number of nitrogens with one attached hydrogen (secondary N) is 2. The monoisotopic (exact) mass is 394 g/mol. The summed E-state index contributed by atoms with van der Waals surface area (Å²) in [6.07, 6.45) is 6.45. The van der Waals surface area contributed by atoms with Crippen LogP contribution in [-0.2, 0) is 19.4 Å². The van der Waals surface area contributed by atoms with Gasteiger partial charge in [-0.2, -0.15) is 5.10 Å². The molecule has 0 unspecified atom stereocenters. The fourth-order valence-electron chi connectivity index (χ4n) is 4.19. The van der Waals surface area contributed by atoms with Crippen LogP contribution in [0.4, 0.5) is 5.69 Å². The summed E-state index contributed by atoms with van der Waals surface area (Å²) in [6.45, 7) is 4.01. The van der Waals surface area contributed by atoms with Crippen molar-refractivity contribution in [3.63, 3.8) is 0 Å². The Labute approximate surface area is 171 Å². The molecule has 29 heavy (non-hydrogen) atoms. The van der Waals surface area contributed by atoms with E-state index in [1.54, 1.807) is 0 Å². The summed E-state index contributed by atoms with van der Waals surface area (Å²) in [6, 6.07) is 5.95. The van der Waals surface area contributed by atoms with Crippen LogP contribution in [0.25, 0.3) is 11.0 Å². The number of aryl methyl sites for hydroxylation is 3. The number of imidazole rings is 1. The highest BCUT2D eigenvalue weighted by Crippen LogP contribution is 2.24. The van der Waals surface area contributed by atoms with Gasteiger partial charge in [0.05, 0.1) is 11.0 Å². The molecule has 1 aliphatic carbocycles. The lowest BCUT2D eigenvalue weighted by atomic mass is 10.1. The molecule has 1 aliphatic rings. The van der Waals surface area contributed by atoms with Crippen molar-refractivity contribution in [2.24, 2.45) is 0 Å². The summed E-state index contributed by atoms with van der Waals surface area (Å²) >= 11 is 0. The zero-order valence-electron chi connectivity index (χ0n) is 17.6. The van der Waals surface area contributed by atoms with Gasteiger partial charge >= 0.3 is 0 Å². The van der Waals surface area contributed by atoms with Crippen LogP contribution >= 0.6 is 0 Å². The Kier molecular flexibility index (Phi) is 5.67. The van der Waals surface area contributed by atoms with Gasteiger partial charge in [-0.3, -0.25) is 9.89 Å². The molecular weight excluding hydrogens is 364 g/mol. The third-order valence-electron chi connectivity index (χ3n) is 5.71. The summed E-state index contributed by atoms with van der Waals surface area (Å²) in [4.78, 5) is 19.7. The van der Waals surface area contributed by atoms with Crippen LogP contribution in [0.2, 0.25) is 0 Å². The van der Waals surface area contributed by atoms with Gasteiger partial charge in [-0.1, -0.05) is 6.42 Å². The number of rotatable bonds is 6. The SMILES string of the molecule is Cc1nc2cc(NC(=O)c3n[nH]c4c3CCCCC4)ccc2n1CCCN(C)C. The van der Waals surface area contributed by atoms with E-state index in [1.165, 1.54) is 6.42 Å². The second kappa shape index (κ2) is 8.37. The summed E-state index contributed by atoms with van der Waals surface area (Å²) in [5, 5.41) is 10.4. The normalized spacial score (nSPS) is 14.2. The molecule has 3 aromatic rings. The Morgan fingerprint density at radius 3 is 2.90 bits per heavy atom. The average molecular weight is 395 g/mol. The molecule has 0 atom stereocenters. The van der Waals surface area contributed by atoms with Gasteiger partial charge in [0.15, 0.2) is 5.69 Å². The predicted molar refractivity (Wildman–Crippen MR) is 115 cm³/mol. The Hall–Kier alpha value is -2.67. The number of carbonyl (C=O) groups is 1. The first-order valence-electron chi connectivity index (χ1n) is 10.5. The van der Waals surface area contributed by atoms with Crippen LogP contribution in [0.5, 0.6) is 0 Å². The fourth-order valence-corrected chi connectivity index (χ4v) is 4.19. The van der Waals surface area contributed by atoms with E-state index >= 15 is 0 Å². The van der Waals surface area contributed by atoms with Gasteiger partial charge < -0.3 is 14.8 Å². The lowest BCUT2D eigenvalue weighted by Crippen LogP contribution is -2.15. The summed E-state index contributed by atoms with van der Waals surface area (Å²) in [5.74, 6) is 0.853. The molecule has 1 aromatic carbocycles. The summed E-state index contributed by atoms with van der Waals surface area (Å²) in [5.41, 5.74) is 5.51. The lowest BCUT2D eigenvalue weighted by molar-refractivity contribution is 0.102. The van der Waals surface area contributed by atoms with E-state index in [1.807, 2.05) is 25.1 Å². The van der Waals surface area contributed by atoms with Crippen LogP contribution in [-0.4, -0.2) is 51.2 Å². The standard InChI is InChI=1S/C22H30N6O/c1-15-23-19-14-16(10-11-20(19)28(15)13-7-12-27(2)3)24-22(29)21-17-8-5-4-6-9-18(17)25-26-21/h10-11,14H,4-9,12-13H2,1-3H3,(H,24,29)(H,25,26). The maximum Gasteiger partial charge on any atom is 0.276 e. The van der Waals surface area contributed by atoms with Crippen molar-refractivity contribution in [2.75, 3.05) is 26.0 Å². The number of aromatic amines is 1. The number of hydrogen-bond donors (Lipinski definition) is 2. The van der Waals surface area contributed by atoms with Crippen LogP contribution in [0.1, 0.15) is 53.3 Å². The molecule has 2 heterocycles. The third-order valence-corrected chi connectivity index (χ3v) is 5.71. The molecular formula is C22H30N6O. The molecule has 1 amide bonds. The molecule has 4 rings (SSSR count). The van der Waals surface area contributed by atoms with Crippen molar-refractivity contribution >= 4 is 22.6 Å². The highest BCUT2D eigenvalue weighted by Gasteiger charge is 2.21. The van der Waals surface area contributed by atoms with Crippen LogP contribution in [0, 0.1) is 6.92 Å². The maximum atomic E-state index is 12.8. The minimum Gasteiger partial charge on any atom is -0.328 e. The Balaban J connectivity index is 1.52. The number of hydrogen-bond acceptors (Lipinski definition) is 4. The van der Waals surface area contributed by atoms with Crippen molar-refractivity contribution in [1.82, 2.24) is 24.6 Å². The number of carbonyl (C=O) groups excluding carboxylic acids is 1. The van der Waals surface area contributed by atoms with Gasteiger partial charge in [0.2, 0.25) is 0 Å². The number of nitrogens with zero attached hydrogens (tertiary/aromatic N) is 4. The largest absolute Gasteiger partial charge is 0.328 e. The number of aromatic nitrogens is 4. The van der Waals surface area contributed by atoms with Crippen molar-refractivity contribution in [3.05, 3.63) is 41.0 Å². The molecule has 2 aromatic heterocycles. The van der Waals surface area contributed by atoms with Gasteiger partial charge in [0.1, 0.15) is 5.82 Å². The molecule has 0 radical (unpaired) electrons. The van der Waals surface area contributed by atoms with Crippen LogP contribution < -0.4 is 5.32 Å². The lowest BCUT2D eigenvalue weighted by Gasteiger charge is -2.11. The number of amides is 1. The molecule has 7 heteroatoms. The zero-order chi connectivity index (χ0) is 20.4. The summed E-state index contributed by atoms with van der Waals surface area (Å²) in [7, 11) is 4.18. The molecule has 0 fully saturated rings. The Morgan fingerprint density at radius 2 is 2.07 bits per heavy atom. The van der Waals surface area contributed by atoms with E-state index in [0.717, 1.165) is 79.0 Å². The Bertz CT molecular complexity index is 1020. The highest BCUT2D eigenvalue weighted by molar-refractivity contribution is 6.04. The average Bonchev–Trinajstić information content (AvgIpc) is 3.13. The summed E-state index contributed by atoms with van der Waals surface area (Å²) < 4.78 is 2.25. The van der Waals surface area contributed by atoms with Crippen molar-refractivity contribution in [2.45, 2.75) is 52.0 Å². The third kappa shape index (κ3) is 4.19. The smallest absolute Gasteiger partial charge is 0.276 e. The van der Waals surface area contributed by atoms with Crippen molar-refractivity contribution < 1.29 is 4.79 Å². The maximum absolute atomic E-state index is 12.8. The molecule has 0 saturated carbocycles. The minimum absolute atomic E-state index is 0.147. The second-order valence-electron chi connectivity index (χ2n) is 8.22. The van der Waals surface area contributed by atoms with Gasteiger partial charge in [0.25, 0.3) is 5.91 Å². The molecule has 154 valence electrons. The van der Waals surface area contributed by atoms with E-state index in [9.17, 15) is 4.79 Å². The first-order valence-corrected chi connectivity index (χ1v) is 10.5. The molecule has 0 spiro atoms. The predicted octanol–water partition coefficient (Wildman–Crippen LogP) is 3.54. The number of anilines is 1. The quantitative estimate of drug-likeness (QED) is 0.627. The van der Waals surface area contributed by atoms with Crippen LogP contribution in [0.15, 0.2) is 18.2 Å². The molecule has 0 saturated heterocycles. The number of benzene rings is 1. The Morgan fingerprint density at radius 1 is 1.24 bits per heavy atom. The van der Waals surface area contributed by atoms with Gasteiger partial charge in [0, 0.05) is 23.5 Å². The molecule has 7 nitrogen and oxygen atoms in total. The molecule has 2 N–H and O–H groups in total. The molecule has 0 aliphatic heterocycles. The topological polar surface area (TPSA) is 78.8 Å². The van der Waals surface area contributed by atoms with E-state index in [2.05, 4.69) is 39.1 Å². The molecule has 0 bridgehead atoms. The van der Waals surface area contributed by atoms with E-state index in [-0.39, 0.29) is 5.91 Å². The van der Waals surface area contributed by atoms with Gasteiger partial charge in [-0.15, -0.1) is 0 Å². The van der Waals surface area contributed by atoms with Gasteiger partial charge in [-0.05, 0) is 77.9 Å². The van der Waals surface area contributed by atoms with Crippen molar-refractivity contribution in [3.8, 4) is 0 Å².